The maximum atomic E-state index is 12.4. The summed E-state index contributed by atoms with van der Waals surface area (Å²) < 4.78 is 11.1. The number of phenols is 1. The van der Waals surface area contributed by atoms with Crippen LogP contribution in [0.25, 0.3) is 0 Å². The van der Waals surface area contributed by atoms with Crippen LogP contribution in [0.3, 0.4) is 0 Å². The van der Waals surface area contributed by atoms with Gasteiger partial charge >= 0.3 is 0 Å². The van der Waals surface area contributed by atoms with Crippen LogP contribution in [0.1, 0.15) is 18.4 Å². The number of carbonyl (C=O) groups is 2. The van der Waals surface area contributed by atoms with E-state index in [0.717, 1.165) is 11.3 Å². The molecule has 1 aliphatic heterocycles. The summed E-state index contributed by atoms with van der Waals surface area (Å²) in [7, 11) is 0. The van der Waals surface area contributed by atoms with E-state index in [1.807, 2.05) is 31.2 Å². The van der Waals surface area contributed by atoms with Crippen LogP contribution in [0.2, 0.25) is 0 Å². The number of amides is 2. The lowest BCUT2D eigenvalue weighted by Gasteiger charge is -2.34. The minimum Gasteiger partial charge on any atom is -0.508 e. The number of carbonyl (C=O) groups excluding carboxylic acids is 2. The monoisotopic (exact) mass is 412 g/mol. The maximum Gasteiger partial charge on any atom is 0.226 e. The number of piperazine rings is 1. The first-order valence-corrected chi connectivity index (χ1v) is 10.2. The normalized spacial score (nSPS) is 13.8. The van der Waals surface area contributed by atoms with E-state index < -0.39 is 0 Å². The van der Waals surface area contributed by atoms with Crippen LogP contribution in [0, 0.1) is 6.92 Å². The molecule has 7 nitrogen and oxygen atoms in total. The second kappa shape index (κ2) is 10.5. The van der Waals surface area contributed by atoms with Gasteiger partial charge in [-0.05, 0) is 31.2 Å². The van der Waals surface area contributed by atoms with E-state index in [9.17, 15) is 14.7 Å². The fourth-order valence-electron chi connectivity index (χ4n) is 3.24. The van der Waals surface area contributed by atoms with Crippen LogP contribution < -0.4 is 9.47 Å². The largest absolute Gasteiger partial charge is 0.508 e. The minimum absolute atomic E-state index is 0.00459. The minimum atomic E-state index is 0.00459. The number of nitrogens with zero attached hydrogens (tertiary/aromatic N) is 2. The number of ether oxygens (including phenoxy) is 2. The summed E-state index contributed by atoms with van der Waals surface area (Å²) in [5.41, 5.74) is 1.16. The van der Waals surface area contributed by atoms with Crippen molar-refractivity contribution in [3.63, 3.8) is 0 Å². The number of aryl methyl sites for hydroxylation is 1. The summed E-state index contributed by atoms with van der Waals surface area (Å²) in [6.45, 7) is 4.71. The Bertz CT molecular complexity index is 845. The summed E-state index contributed by atoms with van der Waals surface area (Å²) in [6, 6.07) is 14.2. The van der Waals surface area contributed by atoms with Gasteiger partial charge in [0.1, 0.15) is 17.2 Å². The van der Waals surface area contributed by atoms with E-state index in [0.29, 0.717) is 45.0 Å². The lowest BCUT2D eigenvalue weighted by Crippen LogP contribution is -2.51. The summed E-state index contributed by atoms with van der Waals surface area (Å²) >= 11 is 0. The molecule has 3 rings (SSSR count). The third-order valence-electron chi connectivity index (χ3n) is 4.99. The molecule has 0 atom stereocenters. The van der Waals surface area contributed by atoms with E-state index in [-0.39, 0.29) is 30.6 Å². The predicted molar refractivity (Wildman–Crippen MR) is 113 cm³/mol. The second-order valence-electron chi connectivity index (χ2n) is 7.27. The molecule has 2 amide bonds. The highest BCUT2D eigenvalue weighted by molar-refractivity contribution is 5.78. The molecule has 30 heavy (non-hydrogen) atoms. The average Bonchev–Trinajstić information content (AvgIpc) is 2.75. The van der Waals surface area contributed by atoms with Gasteiger partial charge in [-0.2, -0.15) is 0 Å². The van der Waals surface area contributed by atoms with Crippen molar-refractivity contribution in [1.29, 1.82) is 0 Å². The lowest BCUT2D eigenvalue weighted by atomic mass is 10.2. The molecule has 0 aliphatic carbocycles. The van der Waals surface area contributed by atoms with Crippen molar-refractivity contribution in [1.82, 2.24) is 9.80 Å². The average molecular weight is 412 g/mol. The first kappa shape index (κ1) is 21.5. The Morgan fingerprint density at radius 2 is 1.37 bits per heavy atom. The molecule has 7 heteroatoms. The molecule has 2 aromatic rings. The van der Waals surface area contributed by atoms with Crippen molar-refractivity contribution < 1.29 is 24.2 Å². The first-order valence-electron chi connectivity index (χ1n) is 10.2. The van der Waals surface area contributed by atoms with Gasteiger partial charge in [0, 0.05) is 32.2 Å². The third kappa shape index (κ3) is 6.40. The Balaban J connectivity index is 1.32. The van der Waals surface area contributed by atoms with Gasteiger partial charge < -0.3 is 24.4 Å². The highest BCUT2D eigenvalue weighted by Gasteiger charge is 2.23. The Morgan fingerprint density at radius 3 is 1.90 bits per heavy atom. The van der Waals surface area contributed by atoms with Gasteiger partial charge in [-0.3, -0.25) is 9.59 Å². The number of aromatic hydroxyl groups is 1. The van der Waals surface area contributed by atoms with Gasteiger partial charge in [-0.15, -0.1) is 0 Å². The van der Waals surface area contributed by atoms with Crippen LogP contribution in [-0.4, -0.2) is 66.1 Å². The summed E-state index contributed by atoms with van der Waals surface area (Å²) in [6.07, 6.45) is 0.577. The molecule has 1 heterocycles. The molecule has 0 unspecified atom stereocenters. The Kier molecular flexibility index (Phi) is 7.54. The summed E-state index contributed by atoms with van der Waals surface area (Å²) in [5.74, 6) is 1.47. The fraction of sp³-hybridized carbons (Fsp3) is 0.391. The molecule has 1 N–H and O–H groups in total. The van der Waals surface area contributed by atoms with E-state index in [1.165, 1.54) is 6.07 Å². The molecule has 1 aliphatic rings. The Labute approximate surface area is 176 Å². The van der Waals surface area contributed by atoms with E-state index in [1.54, 1.807) is 28.0 Å². The fourth-order valence-corrected chi connectivity index (χ4v) is 3.24. The van der Waals surface area contributed by atoms with Crippen molar-refractivity contribution in [2.45, 2.75) is 19.8 Å². The molecule has 2 aromatic carbocycles. The van der Waals surface area contributed by atoms with Gasteiger partial charge in [-0.25, -0.2) is 0 Å². The zero-order chi connectivity index (χ0) is 21.3. The molecular weight excluding hydrogens is 384 g/mol. The molecule has 1 fully saturated rings. The van der Waals surface area contributed by atoms with Crippen LogP contribution in [0.5, 0.6) is 17.2 Å². The molecule has 0 aromatic heterocycles. The molecule has 0 spiro atoms. The molecule has 0 saturated carbocycles. The van der Waals surface area contributed by atoms with Gasteiger partial charge in [0.05, 0.1) is 26.1 Å². The Morgan fingerprint density at radius 1 is 0.833 bits per heavy atom. The topological polar surface area (TPSA) is 79.3 Å². The van der Waals surface area contributed by atoms with Gasteiger partial charge in [-0.1, -0.05) is 23.8 Å². The van der Waals surface area contributed by atoms with E-state index in [4.69, 9.17) is 9.47 Å². The zero-order valence-electron chi connectivity index (χ0n) is 17.3. The highest BCUT2D eigenvalue weighted by atomic mass is 16.5. The molecule has 0 bridgehead atoms. The smallest absolute Gasteiger partial charge is 0.226 e. The highest BCUT2D eigenvalue weighted by Crippen LogP contribution is 2.18. The van der Waals surface area contributed by atoms with Crippen molar-refractivity contribution in [2.75, 3.05) is 39.4 Å². The zero-order valence-corrected chi connectivity index (χ0v) is 17.3. The number of phenolic OH excluding ortho intramolecular Hbond substituents is 1. The quantitative estimate of drug-likeness (QED) is 0.721. The number of rotatable bonds is 8. The van der Waals surface area contributed by atoms with Gasteiger partial charge in [0.25, 0.3) is 0 Å². The third-order valence-corrected chi connectivity index (χ3v) is 4.99. The molecule has 0 radical (unpaired) electrons. The van der Waals surface area contributed by atoms with Gasteiger partial charge in [0.15, 0.2) is 0 Å². The van der Waals surface area contributed by atoms with Gasteiger partial charge in [0.2, 0.25) is 11.8 Å². The number of hydrogen-bond acceptors (Lipinski definition) is 5. The standard InChI is InChI=1S/C23H28N2O5/c1-18-5-7-20(8-6-18)29-15-9-22(27)24-11-13-25(14-12-24)23(28)10-16-30-21-4-2-3-19(26)17-21/h2-8,17,26H,9-16H2,1H3. The predicted octanol–water partition coefficient (Wildman–Crippen LogP) is 2.61. The molecule has 160 valence electrons. The van der Waals surface area contributed by atoms with Crippen molar-refractivity contribution >= 4 is 11.8 Å². The molecular formula is C23H28N2O5. The maximum absolute atomic E-state index is 12.4. The number of hydrogen-bond donors (Lipinski definition) is 1. The first-order chi connectivity index (χ1) is 14.5. The van der Waals surface area contributed by atoms with E-state index >= 15 is 0 Å². The van der Waals surface area contributed by atoms with Crippen molar-refractivity contribution in [3.05, 3.63) is 54.1 Å². The van der Waals surface area contributed by atoms with Crippen LogP contribution in [0.15, 0.2) is 48.5 Å². The number of benzene rings is 2. The van der Waals surface area contributed by atoms with Crippen molar-refractivity contribution in [2.24, 2.45) is 0 Å². The molecule has 1 saturated heterocycles. The van der Waals surface area contributed by atoms with E-state index in [2.05, 4.69) is 0 Å². The summed E-state index contributed by atoms with van der Waals surface area (Å²) in [4.78, 5) is 28.3. The lowest BCUT2D eigenvalue weighted by molar-refractivity contribution is -0.140. The SMILES string of the molecule is Cc1ccc(OCCC(=O)N2CCN(C(=O)CCOc3cccc(O)c3)CC2)cc1. The van der Waals surface area contributed by atoms with Crippen LogP contribution in [0.4, 0.5) is 0 Å². The van der Waals surface area contributed by atoms with Crippen LogP contribution >= 0.6 is 0 Å². The van der Waals surface area contributed by atoms with Crippen molar-refractivity contribution in [3.8, 4) is 17.2 Å². The second-order valence-corrected chi connectivity index (χ2v) is 7.27. The summed E-state index contributed by atoms with van der Waals surface area (Å²) in [5, 5.41) is 9.42. The Hall–Kier alpha value is -3.22. The van der Waals surface area contributed by atoms with Crippen LogP contribution in [-0.2, 0) is 9.59 Å².